The van der Waals surface area contributed by atoms with E-state index >= 15 is 0 Å². The number of ether oxygens (including phenoxy) is 1. The summed E-state index contributed by atoms with van der Waals surface area (Å²) in [5.74, 6) is -0.0902. The van der Waals surface area contributed by atoms with E-state index in [9.17, 15) is 13.2 Å². The minimum atomic E-state index is -3.34. The maximum absolute atomic E-state index is 12.9. The SMILES string of the molecule is CC1COC(c2ccccc2)CN1C(=O)c1ccc(NS(C)(=O)=O)cc1. The third-order valence-electron chi connectivity index (χ3n) is 4.30. The summed E-state index contributed by atoms with van der Waals surface area (Å²) in [6, 6.07) is 16.3. The number of carbonyl (C=O) groups excluding carboxylic acids is 1. The Morgan fingerprint density at radius 3 is 2.38 bits per heavy atom. The lowest BCUT2D eigenvalue weighted by atomic mass is 10.0. The third kappa shape index (κ3) is 4.42. The monoisotopic (exact) mass is 374 g/mol. The number of rotatable bonds is 4. The second-order valence-corrected chi connectivity index (χ2v) is 8.24. The summed E-state index contributed by atoms with van der Waals surface area (Å²) in [4.78, 5) is 14.7. The van der Waals surface area contributed by atoms with E-state index in [0.717, 1.165) is 11.8 Å². The topological polar surface area (TPSA) is 75.7 Å². The van der Waals surface area contributed by atoms with Gasteiger partial charge >= 0.3 is 0 Å². The highest BCUT2D eigenvalue weighted by Gasteiger charge is 2.31. The van der Waals surface area contributed by atoms with Gasteiger partial charge in [-0.15, -0.1) is 0 Å². The number of amides is 1. The number of hydrogen-bond donors (Lipinski definition) is 1. The Balaban J connectivity index is 1.75. The zero-order valence-electron chi connectivity index (χ0n) is 14.8. The van der Waals surface area contributed by atoms with E-state index in [1.807, 2.05) is 37.3 Å². The summed E-state index contributed by atoms with van der Waals surface area (Å²) in [5.41, 5.74) is 2.00. The molecule has 0 radical (unpaired) electrons. The average molecular weight is 374 g/mol. The Hall–Kier alpha value is -2.38. The number of nitrogens with one attached hydrogen (secondary N) is 1. The zero-order chi connectivity index (χ0) is 18.7. The van der Waals surface area contributed by atoms with Crippen LogP contribution in [0.2, 0.25) is 0 Å². The van der Waals surface area contributed by atoms with E-state index < -0.39 is 10.0 Å². The van der Waals surface area contributed by atoms with Crippen molar-refractivity contribution < 1.29 is 17.9 Å². The van der Waals surface area contributed by atoms with E-state index in [4.69, 9.17) is 4.74 Å². The lowest BCUT2D eigenvalue weighted by Gasteiger charge is -2.38. The molecule has 0 bridgehead atoms. The molecular weight excluding hydrogens is 352 g/mol. The van der Waals surface area contributed by atoms with E-state index in [-0.39, 0.29) is 18.1 Å². The highest BCUT2D eigenvalue weighted by atomic mass is 32.2. The molecule has 0 saturated carbocycles. The van der Waals surface area contributed by atoms with Crippen LogP contribution in [0.4, 0.5) is 5.69 Å². The molecule has 1 saturated heterocycles. The van der Waals surface area contributed by atoms with E-state index in [1.165, 1.54) is 0 Å². The molecule has 7 heteroatoms. The van der Waals surface area contributed by atoms with Gasteiger partial charge in [-0.3, -0.25) is 9.52 Å². The molecule has 1 aliphatic heterocycles. The van der Waals surface area contributed by atoms with Gasteiger partial charge in [0.15, 0.2) is 0 Å². The van der Waals surface area contributed by atoms with Crippen molar-refractivity contribution in [3.63, 3.8) is 0 Å². The molecule has 138 valence electrons. The van der Waals surface area contributed by atoms with Crippen LogP contribution < -0.4 is 4.72 Å². The summed E-state index contributed by atoms with van der Waals surface area (Å²) >= 11 is 0. The van der Waals surface area contributed by atoms with E-state index in [1.54, 1.807) is 29.2 Å². The third-order valence-corrected chi connectivity index (χ3v) is 4.91. The molecule has 1 amide bonds. The zero-order valence-corrected chi connectivity index (χ0v) is 15.6. The summed E-state index contributed by atoms with van der Waals surface area (Å²) < 4.78 is 30.8. The van der Waals surface area contributed by atoms with Crippen molar-refractivity contribution in [2.45, 2.75) is 19.1 Å². The van der Waals surface area contributed by atoms with Gasteiger partial charge in [-0.2, -0.15) is 0 Å². The molecule has 2 aromatic carbocycles. The highest BCUT2D eigenvalue weighted by molar-refractivity contribution is 7.92. The molecule has 2 atom stereocenters. The van der Waals surface area contributed by atoms with Crippen LogP contribution >= 0.6 is 0 Å². The first-order valence-corrected chi connectivity index (χ1v) is 10.3. The van der Waals surface area contributed by atoms with E-state index in [0.29, 0.717) is 24.4 Å². The predicted molar refractivity (Wildman–Crippen MR) is 101 cm³/mol. The molecule has 26 heavy (non-hydrogen) atoms. The molecule has 1 N–H and O–H groups in total. The largest absolute Gasteiger partial charge is 0.370 e. The van der Waals surface area contributed by atoms with Crippen molar-refractivity contribution in [2.24, 2.45) is 0 Å². The van der Waals surface area contributed by atoms with Gasteiger partial charge in [-0.25, -0.2) is 8.42 Å². The highest BCUT2D eigenvalue weighted by Crippen LogP contribution is 2.26. The number of benzene rings is 2. The number of anilines is 1. The molecule has 0 aliphatic carbocycles. The van der Waals surface area contributed by atoms with Gasteiger partial charge in [0.25, 0.3) is 5.91 Å². The standard InChI is InChI=1S/C19H22N2O4S/c1-14-13-25-18(15-6-4-3-5-7-15)12-21(14)19(22)16-8-10-17(11-9-16)20-26(2,23)24/h3-11,14,18,20H,12-13H2,1-2H3. The smallest absolute Gasteiger partial charge is 0.254 e. The number of carbonyl (C=O) groups is 1. The van der Waals surface area contributed by atoms with Crippen molar-refractivity contribution in [3.05, 3.63) is 65.7 Å². The fourth-order valence-electron chi connectivity index (χ4n) is 2.97. The first-order chi connectivity index (χ1) is 12.3. The fourth-order valence-corrected chi connectivity index (χ4v) is 3.53. The molecule has 1 heterocycles. The molecule has 3 rings (SSSR count). The lowest BCUT2D eigenvalue weighted by Crippen LogP contribution is -2.48. The van der Waals surface area contributed by atoms with Crippen molar-refractivity contribution in [2.75, 3.05) is 24.1 Å². The molecule has 0 spiro atoms. The van der Waals surface area contributed by atoms with Gasteiger partial charge in [0.1, 0.15) is 6.10 Å². The first kappa shape index (κ1) is 18.4. The summed E-state index contributed by atoms with van der Waals surface area (Å²) in [6.45, 7) is 2.91. The van der Waals surface area contributed by atoms with Crippen molar-refractivity contribution in [1.29, 1.82) is 0 Å². The summed E-state index contributed by atoms with van der Waals surface area (Å²) in [5, 5.41) is 0. The minimum absolute atomic E-state index is 0.0312. The number of sulfonamides is 1. The molecule has 1 fully saturated rings. The van der Waals surface area contributed by atoms with Crippen LogP contribution in [0.5, 0.6) is 0 Å². The van der Waals surface area contributed by atoms with Crippen molar-refractivity contribution in [1.82, 2.24) is 4.90 Å². The second-order valence-electron chi connectivity index (χ2n) is 6.49. The maximum atomic E-state index is 12.9. The van der Waals surface area contributed by atoms with Gasteiger partial charge in [-0.1, -0.05) is 30.3 Å². The van der Waals surface area contributed by atoms with Crippen LogP contribution in [0, 0.1) is 0 Å². The van der Waals surface area contributed by atoms with Gasteiger partial charge in [0.05, 0.1) is 25.4 Å². The Morgan fingerprint density at radius 1 is 1.12 bits per heavy atom. The second kappa shape index (κ2) is 7.47. The van der Waals surface area contributed by atoms with Crippen LogP contribution in [0.3, 0.4) is 0 Å². The Labute approximate surface area is 153 Å². The number of morpholine rings is 1. The number of nitrogens with zero attached hydrogens (tertiary/aromatic N) is 1. The van der Waals surface area contributed by atoms with Gasteiger partial charge in [-0.05, 0) is 36.8 Å². The summed E-state index contributed by atoms with van der Waals surface area (Å²) in [6.07, 6.45) is 0.938. The normalized spacial score (nSPS) is 20.6. The maximum Gasteiger partial charge on any atom is 0.254 e. The molecule has 2 unspecified atom stereocenters. The average Bonchev–Trinajstić information content (AvgIpc) is 2.62. The predicted octanol–water partition coefficient (Wildman–Crippen LogP) is 2.66. The lowest BCUT2D eigenvalue weighted by molar-refractivity contribution is -0.0486. The Bertz CT molecular complexity index is 866. The van der Waals surface area contributed by atoms with Crippen LogP contribution in [-0.2, 0) is 14.8 Å². The quantitative estimate of drug-likeness (QED) is 0.893. The molecule has 1 aliphatic rings. The number of hydrogen-bond acceptors (Lipinski definition) is 4. The van der Waals surface area contributed by atoms with Gasteiger partial charge < -0.3 is 9.64 Å². The van der Waals surface area contributed by atoms with Crippen molar-refractivity contribution >= 4 is 21.6 Å². The van der Waals surface area contributed by atoms with Gasteiger partial charge in [0, 0.05) is 11.3 Å². The Morgan fingerprint density at radius 2 is 1.77 bits per heavy atom. The first-order valence-electron chi connectivity index (χ1n) is 8.39. The van der Waals surface area contributed by atoms with E-state index in [2.05, 4.69) is 4.72 Å². The molecule has 6 nitrogen and oxygen atoms in total. The molecule has 2 aromatic rings. The minimum Gasteiger partial charge on any atom is -0.370 e. The van der Waals surface area contributed by atoms with Crippen LogP contribution in [0.25, 0.3) is 0 Å². The van der Waals surface area contributed by atoms with Crippen LogP contribution in [0.15, 0.2) is 54.6 Å². The Kier molecular flexibility index (Phi) is 5.29. The van der Waals surface area contributed by atoms with Crippen LogP contribution in [0.1, 0.15) is 28.9 Å². The van der Waals surface area contributed by atoms with Crippen LogP contribution in [-0.4, -0.2) is 44.7 Å². The van der Waals surface area contributed by atoms with Gasteiger partial charge in [0.2, 0.25) is 10.0 Å². The fraction of sp³-hybridized carbons (Fsp3) is 0.316. The van der Waals surface area contributed by atoms with Crippen molar-refractivity contribution in [3.8, 4) is 0 Å². The summed E-state index contributed by atoms with van der Waals surface area (Å²) in [7, 11) is -3.34. The molecule has 0 aromatic heterocycles. The molecular formula is C19H22N2O4S.